The second-order valence-corrected chi connectivity index (χ2v) is 5.96. The standard InChI is InChI=1S/C17H26N2/c1-2-18-15-9-6-12-19(13-15)17-11-5-8-14-7-3-4-10-16(14)17/h5,8,11,15,18H,2-4,6-7,9-10,12-13H2,1H3. The monoisotopic (exact) mass is 258 g/mol. The zero-order valence-corrected chi connectivity index (χ0v) is 12.1. The largest absolute Gasteiger partial charge is 0.370 e. The molecule has 1 aromatic carbocycles. The molecule has 1 unspecified atom stereocenters. The van der Waals surface area contributed by atoms with E-state index in [1.54, 1.807) is 11.1 Å². The lowest BCUT2D eigenvalue weighted by Gasteiger charge is -2.37. The van der Waals surface area contributed by atoms with Crippen molar-refractivity contribution in [1.82, 2.24) is 5.32 Å². The fourth-order valence-corrected chi connectivity index (χ4v) is 3.71. The third-order valence-electron chi connectivity index (χ3n) is 4.63. The number of hydrogen-bond acceptors (Lipinski definition) is 2. The molecule has 1 fully saturated rings. The van der Waals surface area contributed by atoms with E-state index < -0.39 is 0 Å². The second kappa shape index (κ2) is 5.96. The van der Waals surface area contributed by atoms with E-state index in [-0.39, 0.29) is 0 Å². The number of nitrogens with zero attached hydrogens (tertiary/aromatic N) is 1. The smallest absolute Gasteiger partial charge is 0.0402 e. The number of fused-ring (bicyclic) bond motifs is 1. The summed E-state index contributed by atoms with van der Waals surface area (Å²) in [6.45, 7) is 5.72. The first kappa shape index (κ1) is 13.0. The van der Waals surface area contributed by atoms with Crippen LogP contribution < -0.4 is 10.2 Å². The minimum Gasteiger partial charge on any atom is -0.370 e. The molecule has 0 amide bonds. The van der Waals surface area contributed by atoms with Crippen molar-refractivity contribution in [2.24, 2.45) is 0 Å². The molecule has 0 spiro atoms. The lowest BCUT2D eigenvalue weighted by Crippen LogP contribution is -2.46. The van der Waals surface area contributed by atoms with Crippen LogP contribution in [-0.4, -0.2) is 25.7 Å². The van der Waals surface area contributed by atoms with E-state index in [0.717, 1.165) is 6.54 Å². The molecule has 3 rings (SSSR count). The number of aryl methyl sites for hydroxylation is 1. The van der Waals surface area contributed by atoms with E-state index in [1.807, 2.05) is 0 Å². The number of anilines is 1. The Morgan fingerprint density at radius 1 is 1.21 bits per heavy atom. The Bertz CT molecular complexity index is 425. The van der Waals surface area contributed by atoms with Crippen molar-refractivity contribution in [3.8, 4) is 0 Å². The number of piperidine rings is 1. The minimum atomic E-state index is 0.679. The molecule has 104 valence electrons. The Kier molecular flexibility index (Phi) is 4.07. The van der Waals surface area contributed by atoms with E-state index >= 15 is 0 Å². The molecule has 0 bridgehead atoms. The molecular formula is C17H26N2. The van der Waals surface area contributed by atoms with Crippen molar-refractivity contribution >= 4 is 5.69 Å². The molecule has 0 saturated carbocycles. The zero-order chi connectivity index (χ0) is 13.1. The topological polar surface area (TPSA) is 15.3 Å². The molecule has 1 aliphatic carbocycles. The molecule has 1 aliphatic heterocycles. The van der Waals surface area contributed by atoms with Crippen LogP contribution >= 0.6 is 0 Å². The van der Waals surface area contributed by atoms with Crippen LogP contribution in [0.4, 0.5) is 5.69 Å². The van der Waals surface area contributed by atoms with Gasteiger partial charge in [0.1, 0.15) is 0 Å². The third-order valence-corrected chi connectivity index (χ3v) is 4.63. The van der Waals surface area contributed by atoms with Gasteiger partial charge in [-0.25, -0.2) is 0 Å². The molecule has 2 heteroatoms. The Balaban J connectivity index is 1.81. The molecule has 1 heterocycles. The predicted molar refractivity (Wildman–Crippen MR) is 82.0 cm³/mol. The van der Waals surface area contributed by atoms with Crippen LogP contribution in [0.15, 0.2) is 18.2 Å². The van der Waals surface area contributed by atoms with Gasteiger partial charge in [-0.2, -0.15) is 0 Å². The number of likely N-dealkylation sites (N-methyl/N-ethyl adjacent to an activating group) is 1. The molecule has 2 nitrogen and oxygen atoms in total. The van der Waals surface area contributed by atoms with E-state index in [2.05, 4.69) is 35.3 Å². The van der Waals surface area contributed by atoms with Gasteiger partial charge in [0.15, 0.2) is 0 Å². The van der Waals surface area contributed by atoms with Gasteiger partial charge < -0.3 is 10.2 Å². The van der Waals surface area contributed by atoms with Gasteiger partial charge in [0.2, 0.25) is 0 Å². The molecule has 2 aliphatic rings. The fraction of sp³-hybridized carbons (Fsp3) is 0.647. The predicted octanol–water partition coefficient (Wildman–Crippen LogP) is 3.14. The summed E-state index contributed by atoms with van der Waals surface area (Å²) in [5, 5.41) is 3.62. The third kappa shape index (κ3) is 2.79. The van der Waals surface area contributed by atoms with Crippen molar-refractivity contribution in [3.05, 3.63) is 29.3 Å². The molecule has 1 saturated heterocycles. The zero-order valence-electron chi connectivity index (χ0n) is 12.1. The molecule has 1 atom stereocenters. The highest BCUT2D eigenvalue weighted by molar-refractivity contribution is 5.58. The number of benzene rings is 1. The first-order valence-corrected chi connectivity index (χ1v) is 7.97. The highest BCUT2D eigenvalue weighted by Gasteiger charge is 2.22. The SMILES string of the molecule is CCNC1CCCN(c2cccc3c2CCCC3)C1. The quantitative estimate of drug-likeness (QED) is 0.896. The van der Waals surface area contributed by atoms with Gasteiger partial charge in [0.25, 0.3) is 0 Å². The summed E-state index contributed by atoms with van der Waals surface area (Å²) in [5.41, 5.74) is 4.78. The summed E-state index contributed by atoms with van der Waals surface area (Å²) in [6, 6.07) is 7.62. The molecule has 1 N–H and O–H groups in total. The molecule has 1 aromatic rings. The number of hydrogen-bond donors (Lipinski definition) is 1. The molecule has 19 heavy (non-hydrogen) atoms. The van der Waals surface area contributed by atoms with Crippen molar-refractivity contribution in [2.45, 2.75) is 51.5 Å². The highest BCUT2D eigenvalue weighted by atomic mass is 15.2. The molecule has 0 radical (unpaired) electrons. The Morgan fingerprint density at radius 3 is 3.00 bits per heavy atom. The average molecular weight is 258 g/mol. The van der Waals surface area contributed by atoms with Gasteiger partial charge in [-0.3, -0.25) is 0 Å². The highest BCUT2D eigenvalue weighted by Crippen LogP contribution is 2.31. The normalized spacial score (nSPS) is 23.2. The minimum absolute atomic E-state index is 0.679. The summed E-state index contributed by atoms with van der Waals surface area (Å²) in [4.78, 5) is 2.63. The van der Waals surface area contributed by atoms with Crippen LogP contribution in [0.25, 0.3) is 0 Å². The van der Waals surface area contributed by atoms with Crippen molar-refractivity contribution in [2.75, 3.05) is 24.5 Å². The Morgan fingerprint density at radius 2 is 2.11 bits per heavy atom. The van der Waals surface area contributed by atoms with Crippen molar-refractivity contribution < 1.29 is 0 Å². The first-order valence-electron chi connectivity index (χ1n) is 7.97. The maximum absolute atomic E-state index is 3.62. The van der Waals surface area contributed by atoms with E-state index in [9.17, 15) is 0 Å². The number of rotatable bonds is 3. The van der Waals surface area contributed by atoms with E-state index in [0.29, 0.717) is 6.04 Å². The van der Waals surface area contributed by atoms with Crippen LogP contribution in [0, 0.1) is 0 Å². The molecule has 0 aromatic heterocycles. The fourth-order valence-electron chi connectivity index (χ4n) is 3.71. The lowest BCUT2D eigenvalue weighted by atomic mass is 9.89. The van der Waals surface area contributed by atoms with Crippen molar-refractivity contribution in [1.29, 1.82) is 0 Å². The van der Waals surface area contributed by atoms with Gasteiger partial charge in [-0.1, -0.05) is 19.1 Å². The van der Waals surface area contributed by atoms with Crippen LogP contribution in [0.2, 0.25) is 0 Å². The lowest BCUT2D eigenvalue weighted by molar-refractivity contribution is 0.430. The summed E-state index contributed by atoms with van der Waals surface area (Å²) >= 11 is 0. The van der Waals surface area contributed by atoms with Crippen LogP contribution in [-0.2, 0) is 12.8 Å². The Hall–Kier alpha value is -1.02. The van der Waals surface area contributed by atoms with Crippen LogP contribution in [0.3, 0.4) is 0 Å². The summed E-state index contributed by atoms with van der Waals surface area (Å²) in [7, 11) is 0. The first-order chi connectivity index (χ1) is 9.38. The van der Waals surface area contributed by atoms with Gasteiger partial charge in [-0.05, 0) is 62.3 Å². The summed E-state index contributed by atoms with van der Waals surface area (Å²) in [5.74, 6) is 0. The summed E-state index contributed by atoms with van der Waals surface area (Å²) < 4.78 is 0. The molecular weight excluding hydrogens is 232 g/mol. The average Bonchev–Trinajstić information content (AvgIpc) is 2.47. The maximum atomic E-state index is 3.62. The van der Waals surface area contributed by atoms with Crippen LogP contribution in [0.1, 0.15) is 43.7 Å². The number of nitrogens with one attached hydrogen (secondary N) is 1. The van der Waals surface area contributed by atoms with Gasteiger partial charge in [0, 0.05) is 24.8 Å². The van der Waals surface area contributed by atoms with Crippen LogP contribution in [0.5, 0.6) is 0 Å². The second-order valence-electron chi connectivity index (χ2n) is 5.96. The van der Waals surface area contributed by atoms with E-state index in [4.69, 9.17) is 0 Å². The summed E-state index contributed by atoms with van der Waals surface area (Å²) in [6.07, 6.45) is 7.97. The van der Waals surface area contributed by atoms with Crippen molar-refractivity contribution in [3.63, 3.8) is 0 Å². The van der Waals surface area contributed by atoms with Gasteiger partial charge in [-0.15, -0.1) is 0 Å². The van der Waals surface area contributed by atoms with Gasteiger partial charge in [0.05, 0.1) is 0 Å². The Labute approximate surface area is 117 Å². The van der Waals surface area contributed by atoms with Gasteiger partial charge >= 0.3 is 0 Å². The maximum Gasteiger partial charge on any atom is 0.0402 e. The van der Waals surface area contributed by atoms with E-state index in [1.165, 1.54) is 57.3 Å².